The molecule has 4 rings (SSSR count). The predicted molar refractivity (Wildman–Crippen MR) is 137 cm³/mol. The number of hydrogen-bond donors (Lipinski definition) is 0. The maximum Gasteiger partial charge on any atom is 1.00 e. The van der Waals surface area contributed by atoms with Crippen LogP contribution in [0.5, 0.6) is 0 Å². The molecule has 0 bridgehead atoms. The molecule has 4 aromatic carbocycles. The van der Waals surface area contributed by atoms with E-state index in [0.29, 0.717) is 20.1 Å². The molecule has 0 spiro atoms. The average molecular weight is 497 g/mol. The molecule has 0 aliphatic heterocycles. The van der Waals surface area contributed by atoms with Crippen molar-refractivity contribution in [3.63, 3.8) is 0 Å². The van der Waals surface area contributed by atoms with E-state index in [1.807, 2.05) is 48.5 Å². The van der Waals surface area contributed by atoms with E-state index in [0.717, 1.165) is 21.9 Å². The summed E-state index contributed by atoms with van der Waals surface area (Å²) in [5.41, 5.74) is 4.56. The Bertz CT molecular complexity index is 929. The van der Waals surface area contributed by atoms with Crippen LogP contribution in [0.1, 0.15) is 1.43 Å². The zero-order valence-corrected chi connectivity index (χ0v) is 22.5. The normalized spacial score (nSPS) is 11.1. The second-order valence-electron chi connectivity index (χ2n) is 7.07. The van der Waals surface area contributed by atoms with Crippen molar-refractivity contribution in [3.05, 3.63) is 117 Å². The van der Waals surface area contributed by atoms with Crippen LogP contribution in [0, 0.1) is 0 Å². The van der Waals surface area contributed by atoms with Crippen molar-refractivity contribution in [1.82, 2.24) is 0 Å². The minimum absolute atomic E-state index is 0. The van der Waals surface area contributed by atoms with Gasteiger partial charge in [-0.25, -0.2) is 0 Å². The van der Waals surface area contributed by atoms with E-state index in [-0.39, 0.29) is 52.8 Å². The summed E-state index contributed by atoms with van der Waals surface area (Å²) in [5, 5.41) is 2.78. The Hall–Kier alpha value is -0.259. The maximum absolute atomic E-state index is 6.22. The van der Waals surface area contributed by atoms with Crippen LogP contribution in [0.4, 0.5) is 0 Å². The number of halogens is 4. The van der Waals surface area contributed by atoms with Crippen LogP contribution >= 0.6 is 46.4 Å². The van der Waals surface area contributed by atoms with Crippen LogP contribution in [0.25, 0.3) is 0 Å². The SMILES string of the molecule is Clc1ccc([B-](c2ccc(Cl)cc2)(c2ccc(Cl)cc2)c2ccc(Cl)cc2)cc1.[H+].[K]. The molecule has 0 saturated carbocycles. The maximum atomic E-state index is 6.22. The van der Waals surface area contributed by atoms with E-state index in [1.54, 1.807) is 0 Å². The summed E-state index contributed by atoms with van der Waals surface area (Å²) in [6, 6.07) is 32.1. The van der Waals surface area contributed by atoms with E-state index in [1.165, 1.54) is 0 Å². The standard InChI is InChI=1S/C24H16BCl4.K/c26-21-9-1-17(2-10-21)25(18-3-11-22(27)12-4-18,19-5-13-23(28)14-6-19)20-7-15-24(29)16-8-20;/h1-16H;/q-1;/p+1. The zero-order valence-electron chi connectivity index (χ0n) is 17.3. The van der Waals surface area contributed by atoms with Gasteiger partial charge in [0.1, 0.15) is 6.15 Å². The molecule has 4 aromatic rings. The van der Waals surface area contributed by atoms with Crippen molar-refractivity contribution in [2.24, 2.45) is 0 Å². The largest absolute Gasteiger partial charge is 1.00 e. The summed E-state index contributed by atoms with van der Waals surface area (Å²) >= 11 is 24.9. The van der Waals surface area contributed by atoms with E-state index in [9.17, 15) is 0 Å². The summed E-state index contributed by atoms with van der Waals surface area (Å²) in [6.07, 6.45) is -1.51. The van der Waals surface area contributed by atoms with Gasteiger partial charge in [-0.1, -0.05) is 94.9 Å². The molecule has 0 atom stereocenters. The Balaban J connectivity index is 0.00000171. The molecular formula is C24H17BCl4K. The molecule has 145 valence electrons. The van der Waals surface area contributed by atoms with Crippen LogP contribution in [0.2, 0.25) is 20.1 Å². The third-order valence-corrected chi connectivity index (χ3v) is 6.49. The molecule has 0 nitrogen and oxygen atoms in total. The summed E-state index contributed by atoms with van der Waals surface area (Å²) < 4.78 is 0. The van der Waals surface area contributed by atoms with Gasteiger partial charge < -0.3 is 0 Å². The van der Waals surface area contributed by atoms with Crippen molar-refractivity contribution in [2.45, 2.75) is 0 Å². The van der Waals surface area contributed by atoms with Gasteiger partial charge in [-0.05, 0) is 48.5 Å². The van der Waals surface area contributed by atoms with E-state index in [2.05, 4.69) is 48.5 Å². The number of hydrogen-bond acceptors (Lipinski definition) is 0. The van der Waals surface area contributed by atoms with Crippen molar-refractivity contribution < 1.29 is 1.43 Å². The monoisotopic (exact) mass is 495 g/mol. The second kappa shape index (κ2) is 10.6. The fourth-order valence-corrected chi connectivity index (χ4v) is 4.66. The first-order valence-electron chi connectivity index (χ1n) is 9.20. The van der Waals surface area contributed by atoms with Gasteiger partial charge in [0.25, 0.3) is 0 Å². The van der Waals surface area contributed by atoms with E-state index >= 15 is 0 Å². The van der Waals surface area contributed by atoms with Gasteiger partial charge >= 0.3 is 1.43 Å². The summed E-state index contributed by atoms with van der Waals surface area (Å²) in [7, 11) is 0. The molecule has 6 heteroatoms. The van der Waals surface area contributed by atoms with Crippen LogP contribution in [-0.2, 0) is 0 Å². The Morgan fingerprint density at radius 2 is 0.533 bits per heavy atom. The second-order valence-corrected chi connectivity index (χ2v) is 8.82. The van der Waals surface area contributed by atoms with Crippen LogP contribution in [0.15, 0.2) is 97.1 Å². The Kier molecular flexibility index (Phi) is 8.59. The molecular weight excluding hydrogens is 480 g/mol. The van der Waals surface area contributed by atoms with Gasteiger partial charge in [-0.15, -0.1) is 0 Å². The van der Waals surface area contributed by atoms with E-state index < -0.39 is 6.15 Å². The minimum atomic E-state index is -1.51. The Morgan fingerprint density at radius 3 is 0.700 bits per heavy atom. The van der Waals surface area contributed by atoms with Crippen molar-refractivity contribution in [1.29, 1.82) is 0 Å². The van der Waals surface area contributed by atoms with Gasteiger partial charge in [-0.2, -0.15) is 21.9 Å². The van der Waals surface area contributed by atoms with Crippen molar-refractivity contribution in [3.8, 4) is 0 Å². The molecule has 1 radical (unpaired) electrons. The molecule has 0 fully saturated rings. The Morgan fingerprint density at radius 1 is 0.367 bits per heavy atom. The topological polar surface area (TPSA) is 0 Å². The minimum Gasteiger partial charge on any atom is -0.195 e. The van der Waals surface area contributed by atoms with Gasteiger partial charge in [0.15, 0.2) is 0 Å². The molecule has 0 aromatic heterocycles. The quantitative estimate of drug-likeness (QED) is 0.331. The first-order chi connectivity index (χ1) is 14.0. The van der Waals surface area contributed by atoms with Gasteiger partial charge in [0.2, 0.25) is 0 Å². The predicted octanol–water partition coefficient (Wildman–Crippen LogP) is 5.41. The smallest absolute Gasteiger partial charge is 0.195 e. The molecule has 0 saturated heterocycles. The average Bonchev–Trinajstić information content (AvgIpc) is 2.73. The number of rotatable bonds is 4. The molecule has 0 unspecified atom stereocenters. The molecule has 30 heavy (non-hydrogen) atoms. The summed E-state index contributed by atoms with van der Waals surface area (Å²) in [5.74, 6) is 0. The van der Waals surface area contributed by atoms with Gasteiger partial charge in [-0.3, -0.25) is 0 Å². The summed E-state index contributed by atoms with van der Waals surface area (Å²) in [6.45, 7) is 0. The first-order valence-corrected chi connectivity index (χ1v) is 10.7. The van der Waals surface area contributed by atoms with Crippen LogP contribution in [0.3, 0.4) is 0 Å². The molecule has 0 amide bonds. The fourth-order valence-electron chi connectivity index (χ4n) is 4.16. The first kappa shape index (κ1) is 24.4. The fraction of sp³-hybridized carbons (Fsp3) is 0. The molecule has 0 aliphatic carbocycles. The van der Waals surface area contributed by atoms with E-state index in [4.69, 9.17) is 46.4 Å². The summed E-state index contributed by atoms with van der Waals surface area (Å²) in [4.78, 5) is 0. The number of benzene rings is 4. The van der Waals surface area contributed by atoms with Crippen LogP contribution in [-0.4, -0.2) is 57.5 Å². The third-order valence-electron chi connectivity index (χ3n) is 5.48. The van der Waals surface area contributed by atoms with Gasteiger partial charge in [0.05, 0.1) is 0 Å². The van der Waals surface area contributed by atoms with Crippen molar-refractivity contribution >= 4 is 126 Å². The zero-order chi connectivity index (χ0) is 20.4. The molecule has 0 N–H and O–H groups in total. The van der Waals surface area contributed by atoms with Gasteiger partial charge in [0, 0.05) is 71.5 Å². The van der Waals surface area contributed by atoms with Crippen LogP contribution < -0.4 is 21.9 Å². The molecule has 0 aliphatic rings. The molecule has 0 heterocycles. The Labute approximate surface area is 241 Å². The van der Waals surface area contributed by atoms with Crippen molar-refractivity contribution in [2.75, 3.05) is 0 Å². The third kappa shape index (κ3) is 4.88.